The van der Waals surface area contributed by atoms with Gasteiger partial charge in [-0.3, -0.25) is 19.7 Å². The second-order valence-corrected chi connectivity index (χ2v) is 8.43. The van der Waals surface area contributed by atoms with E-state index in [0.717, 1.165) is 47.7 Å². The van der Waals surface area contributed by atoms with Gasteiger partial charge in [0.05, 0.1) is 22.1 Å². The molecule has 0 aliphatic rings. The maximum absolute atomic E-state index is 13.3. The van der Waals surface area contributed by atoms with E-state index in [1.54, 1.807) is 19.1 Å². The molecule has 0 aliphatic heterocycles. The molecule has 0 radical (unpaired) electrons. The van der Waals surface area contributed by atoms with E-state index in [0.29, 0.717) is 30.9 Å². The Morgan fingerprint density at radius 3 is 1.86 bits per heavy atom. The zero-order valence-corrected chi connectivity index (χ0v) is 25.8. The standard InChI is InChI=1S/C14H13F2NO2.C7H3ClF2O.C7H7NO3.Na.H2O/c1-9-2-4-11(19-9)6-7-17-14(18)12-5-3-10(15)8-13(12)16;8-7(11)5-2-1-4(9)3-6(5)10;1-6-2-3-7(11-6)4-5-8(9)10;;/h2-5,8H,6-7H2,1H3,(H,17,18);1-3H;2-5H,1H3;;1H2/q;;;+1;/p-1/b;;5-4+;;. The molecule has 0 saturated heterocycles. The SMILES string of the molecule is Cc1ccc(/C=C/[N+](=O)[O-])o1.Cc1ccc(CCNC(=O)c2ccc(F)cc2F)o1.O=C(Cl)c1ccc(F)cc1F.[Na+].[OH-]. The summed E-state index contributed by atoms with van der Waals surface area (Å²) in [6, 6.07) is 12.5. The van der Waals surface area contributed by atoms with Crippen molar-refractivity contribution in [1.29, 1.82) is 0 Å². The number of carbonyl (C=O) groups is 2. The molecule has 0 saturated carbocycles. The number of nitrogens with one attached hydrogen (secondary N) is 1. The largest absolute Gasteiger partial charge is 1.00 e. The van der Waals surface area contributed by atoms with Crippen molar-refractivity contribution >= 4 is 28.8 Å². The summed E-state index contributed by atoms with van der Waals surface area (Å²) in [6.07, 6.45) is 2.67. The zero-order chi connectivity index (χ0) is 30.5. The number of amides is 1. The molecule has 9 nitrogen and oxygen atoms in total. The third kappa shape index (κ3) is 14.3. The van der Waals surface area contributed by atoms with E-state index in [1.807, 2.05) is 19.1 Å². The number of carbonyl (C=O) groups excluding carboxylic acids is 2. The second kappa shape index (κ2) is 19.4. The van der Waals surface area contributed by atoms with E-state index < -0.39 is 39.3 Å². The first-order chi connectivity index (χ1) is 19.3. The number of halogens is 5. The van der Waals surface area contributed by atoms with Crippen molar-refractivity contribution in [2.75, 3.05) is 6.54 Å². The quantitative estimate of drug-likeness (QED) is 0.107. The number of aryl methyl sites for hydroxylation is 2. The average molecular weight is 635 g/mol. The van der Waals surface area contributed by atoms with Gasteiger partial charge in [0.2, 0.25) is 6.20 Å². The molecule has 1 amide bonds. The summed E-state index contributed by atoms with van der Waals surface area (Å²) >= 11 is 4.96. The molecular formula is C28H24ClF4N2NaO7. The van der Waals surface area contributed by atoms with Gasteiger partial charge < -0.3 is 19.6 Å². The fourth-order valence-electron chi connectivity index (χ4n) is 3.01. The predicted octanol–water partition coefficient (Wildman–Crippen LogP) is 3.85. The molecule has 4 rings (SSSR count). The number of hydrogen-bond donors (Lipinski definition) is 1. The van der Waals surface area contributed by atoms with Crippen LogP contribution in [0.4, 0.5) is 17.6 Å². The van der Waals surface area contributed by atoms with E-state index in [9.17, 15) is 37.3 Å². The Kier molecular flexibility index (Phi) is 17.7. The molecule has 0 fully saturated rings. The summed E-state index contributed by atoms with van der Waals surface area (Å²) in [5.74, 6) is -1.03. The Morgan fingerprint density at radius 2 is 1.42 bits per heavy atom. The van der Waals surface area contributed by atoms with Crippen LogP contribution in [0.2, 0.25) is 0 Å². The van der Waals surface area contributed by atoms with Crippen molar-refractivity contribution in [3.05, 3.63) is 134 Å². The molecule has 0 unspecified atom stereocenters. The van der Waals surface area contributed by atoms with Crippen LogP contribution < -0.4 is 34.9 Å². The minimum atomic E-state index is -0.940. The summed E-state index contributed by atoms with van der Waals surface area (Å²) < 4.78 is 61.2. The van der Waals surface area contributed by atoms with E-state index >= 15 is 0 Å². The fourth-order valence-corrected chi connectivity index (χ4v) is 3.17. The van der Waals surface area contributed by atoms with Crippen molar-refractivity contribution in [2.45, 2.75) is 20.3 Å². The smallest absolute Gasteiger partial charge is 0.870 e. The molecule has 4 aromatic rings. The molecule has 2 heterocycles. The molecule has 224 valence electrons. The molecular weight excluding hydrogens is 611 g/mol. The third-order valence-corrected chi connectivity index (χ3v) is 5.10. The fraction of sp³-hybridized carbons (Fsp3) is 0.143. The van der Waals surface area contributed by atoms with E-state index in [1.165, 1.54) is 6.08 Å². The van der Waals surface area contributed by atoms with Gasteiger partial charge in [-0.25, -0.2) is 17.6 Å². The summed E-state index contributed by atoms with van der Waals surface area (Å²) in [5.41, 5.74) is -0.481. The zero-order valence-electron chi connectivity index (χ0n) is 23.1. The maximum atomic E-state index is 13.3. The van der Waals surface area contributed by atoms with Crippen LogP contribution in [0.1, 0.15) is 43.8 Å². The summed E-state index contributed by atoms with van der Waals surface area (Å²) in [7, 11) is 0. The Bertz CT molecular complexity index is 1540. The van der Waals surface area contributed by atoms with E-state index in [2.05, 4.69) is 5.32 Å². The normalized spacial score (nSPS) is 9.84. The summed E-state index contributed by atoms with van der Waals surface area (Å²) in [4.78, 5) is 31.4. The van der Waals surface area contributed by atoms with Crippen LogP contribution in [-0.4, -0.2) is 28.1 Å². The van der Waals surface area contributed by atoms with Gasteiger partial charge in [0.1, 0.15) is 46.3 Å². The first-order valence-electron chi connectivity index (χ1n) is 11.7. The molecule has 15 heteroatoms. The van der Waals surface area contributed by atoms with Crippen molar-refractivity contribution in [2.24, 2.45) is 0 Å². The van der Waals surface area contributed by atoms with Crippen LogP contribution in [-0.2, 0) is 6.42 Å². The van der Waals surface area contributed by atoms with Crippen molar-refractivity contribution in [1.82, 2.24) is 5.32 Å². The van der Waals surface area contributed by atoms with Gasteiger partial charge in [-0.1, -0.05) is 0 Å². The Morgan fingerprint density at radius 1 is 0.884 bits per heavy atom. The van der Waals surface area contributed by atoms with Crippen LogP contribution in [0.15, 0.2) is 75.7 Å². The molecule has 0 aliphatic carbocycles. The topological polar surface area (TPSA) is 146 Å². The number of hydrogen-bond acceptors (Lipinski definition) is 7. The predicted molar refractivity (Wildman–Crippen MR) is 144 cm³/mol. The van der Waals surface area contributed by atoms with E-state index in [-0.39, 0.29) is 46.2 Å². The van der Waals surface area contributed by atoms with Crippen LogP contribution in [0.25, 0.3) is 6.08 Å². The van der Waals surface area contributed by atoms with Gasteiger partial charge in [0.15, 0.2) is 0 Å². The second-order valence-electron chi connectivity index (χ2n) is 8.09. The Balaban J connectivity index is 0.000000639. The van der Waals surface area contributed by atoms with Gasteiger partial charge in [-0.2, -0.15) is 0 Å². The summed E-state index contributed by atoms with van der Waals surface area (Å²) in [5, 5.41) is 11.5. The molecule has 0 spiro atoms. The van der Waals surface area contributed by atoms with Gasteiger partial charge >= 0.3 is 29.6 Å². The molecule has 2 aromatic heterocycles. The number of furan rings is 2. The van der Waals surface area contributed by atoms with Crippen molar-refractivity contribution in [3.8, 4) is 0 Å². The average Bonchev–Trinajstić information content (AvgIpc) is 3.50. The minimum absolute atomic E-state index is 0. The minimum Gasteiger partial charge on any atom is -0.870 e. The van der Waals surface area contributed by atoms with Gasteiger partial charge in [0.25, 0.3) is 11.1 Å². The molecule has 2 N–H and O–H groups in total. The van der Waals surface area contributed by atoms with Crippen molar-refractivity contribution < 1.29 is 75.9 Å². The number of benzene rings is 2. The third-order valence-electron chi connectivity index (χ3n) is 4.89. The molecule has 0 atom stereocenters. The van der Waals surface area contributed by atoms with Crippen LogP contribution >= 0.6 is 11.6 Å². The first-order valence-corrected chi connectivity index (χ1v) is 12.0. The summed E-state index contributed by atoms with van der Waals surface area (Å²) in [6.45, 7) is 3.93. The van der Waals surface area contributed by atoms with Crippen LogP contribution in [0.3, 0.4) is 0 Å². The van der Waals surface area contributed by atoms with Gasteiger partial charge in [-0.15, -0.1) is 0 Å². The molecule has 0 bridgehead atoms. The van der Waals surface area contributed by atoms with Crippen LogP contribution in [0.5, 0.6) is 0 Å². The Hall–Kier alpha value is -3.75. The van der Waals surface area contributed by atoms with Crippen LogP contribution in [0, 0.1) is 47.2 Å². The number of nitrogens with zero attached hydrogens (tertiary/aromatic N) is 1. The molecule has 2 aromatic carbocycles. The number of nitro groups is 1. The van der Waals surface area contributed by atoms with Crippen molar-refractivity contribution in [3.63, 3.8) is 0 Å². The van der Waals surface area contributed by atoms with E-state index in [4.69, 9.17) is 20.4 Å². The Labute approximate surface area is 270 Å². The monoisotopic (exact) mass is 634 g/mol. The van der Waals surface area contributed by atoms with Gasteiger partial charge in [0, 0.05) is 25.1 Å². The number of rotatable bonds is 7. The molecule has 43 heavy (non-hydrogen) atoms. The van der Waals surface area contributed by atoms with Gasteiger partial charge in [-0.05, 0) is 74.0 Å². The maximum Gasteiger partial charge on any atom is 1.00 e. The first kappa shape index (κ1) is 39.2.